The van der Waals surface area contributed by atoms with Crippen LogP contribution in [0.4, 0.5) is 0 Å². The van der Waals surface area contributed by atoms with Gasteiger partial charge in [0.1, 0.15) is 18.8 Å². The molecule has 1 fully saturated rings. The van der Waals surface area contributed by atoms with Gasteiger partial charge in [-0.05, 0) is 11.6 Å². The van der Waals surface area contributed by atoms with Crippen LogP contribution in [0.15, 0.2) is 24.3 Å². The van der Waals surface area contributed by atoms with E-state index in [2.05, 4.69) is 0 Å². The monoisotopic (exact) mass is 421 g/mol. The van der Waals surface area contributed by atoms with Crippen molar-refractivity contribution in [3.05, 3.63) is 35.4 Å². The lowest BCUT2D eigenvalue weighted by Gasteiger charge is -2.43. The van der Waals surface area contributed by atoms with E-state index in [0.29, 0.717) is 11.1 Å². The van der Waals surface area contributed by atoms with Gasteiger partial charge in [-0.1, -0.05) is 18.2 Å². The molecule has 1 aromatic carbocycles. The first-order valence-electron chi connectivity index (χ1n) is 9.13. The van der Waals surface area contributed by atoms with E-state index in [0.717, 1.165) is 13.8 Å². The molecule has 0 amide bonds. The second kappa shape index (κ2) is 10.7. The molecule has 0 spiro atoms. The van der Waals surface area contributed by atoms with Crippen molar-refractivity contribution in [2.24, 2.45) is 0 Å². The Morgan fingerprint density at radius 2 is 1.67 bits per heavy atom. The van der Waals surface area contributed by atoms with E-state index in [1.807, 2.05) is 6.07 Å². The molecule has 30 heavy (non-hydrogen) atoms. The highest BCUT2D eigenvalue weighted by molar-refractivity contribution is 5.67. The van der Waals surface area contributed by atoms with Crippen LogP contribution in [0.3, 0.4) is 0 Å². The average Bonchev–Trinajstić information content (AvgIpc) is 2.67. The summed E-state index contributed by atoms with van der Waals surface area (Å²) in [6.07, 6.45) is -6.37. The summed E-state index contributed by atoms with van der Waals surface area (Å²) in [5.41, 5.74) is 0.914. The molecule has 0 bridgehead atoms. The summed E-state index contributed by atoms with van der Waals surface area (Å²) < 4.78 is 26.6. The molecule has 0 saturated carbocycles. The Morgan fingerprint density at radius 1 is 1.03 bits per heavy atom. The number of benzene rings is 1. The van der Waals surface area contributed by atoms with Crippen LogP contribution in [-0.4, -0.2) is 60.3 Å². The first kappa shape index (κ1) is 23.3. The van der Waals surface area contributed by atoms with Gasteiger partial charge in [0.25, 0.3) is 0 Å². The molecule has 1 aliphatic heterocycles. The number of nitrogens with zero attached hydrogens (tertiary/aromatic N) is 1. The Bertz CT molecular complexity index is 819. The summed E-state index contributed by atoms with van der Waals surface area (Å²) in [6, 6.07) is 8.71. The van der Waals surface area contributed by atoms with Gasteiger partial charge in [-0.2, -0.15) is 5.26 Å². The molecule has 1 N–H and O–H groups in total. The molecular formula is C20H23NO9. The van der Waals surface area contributed by atoms with Crippen molar-refractivity contribution in [3.8, 4) is 6.07 Å². The molecule has 1 heterocycles. The van der Waals surface area contributed by atoms with Gasteiger partial charge >= 0.3 is 17.9 Å². The van der Waals surface area contributed by atoms with E-state index in [-0.39, 0.29) is 13.2 Å². The summed E-state index contributed by atoms with van der Waals surface area (Å²) in [6.45, 7) is 3.04. The number of aliphatic hydroxyl groups excluding tert-OH is 1. The van der Waals surface area contributed by atoms with Crippen LogP contribution in [0.2, 0.25) is 0 Å². The van der Waals surface area contributed by atoms with Crippen LogP contribution >= 0.6 is 0 Å². The van der Waals surface area contributed by atoms with Gasteiger partial charge in [0.05, 0.1) is 18.2 Å². The van der Waals surface area contributed by atoms with Crippen molar-refractivity contribution < 1.29 is 43.2 Å². The number of esters is 3. The average molecular weight is 421 g/mol. The third-order valence-electron chi connectivity index (χ3n) is 4.23. The van der Waals surface area contributed by atoms with Crippen molar-refractivity contribution >= 4 is 17.9 Å². The molecule has 10 nitrogen and oxygen atoms in total. The fraction of sp³-hybridized carbons (Fsp3) is 0.500. The Hall–Kier alpha value is -3.00. The van der Waals surface area contributed by atoms with Gasteiger partial charge in [-0.15, -0.1) is 0 Å². The summed E-state index contributed by atoms with van der Waals surface area (Å²) in [7, 11) is 0. The van der Waals surface area contributed by atoms with Crippen LogP contribution in [0.5, 0.6) is 0 Å². The molecule has 162 valence electrons. The number of carbonyl (C=O) groups excluding carboxylic acids is 3. The predicted octanol–water partition coefficient (Wildman–Crippen LogP) is 0.587. The van der Waals surface area contributed by atoms with Crippen LogP contribution in [0.1, 0.15) is 31.9 Å². The molecular weight excluding hydrogens is 398 g/mol. The highest BCUT2D eigenvalue weighted by atomic mass is 16.7. The molecule has 0 aromatic heterocycles. The third kappa shape index (κ3) is 6.25. The van der Waals surface area contributed by atoms with E-state index in [1.165, 1.54) is 6.92 Å². The number of rotatable bonds is 7. The van der Waals surface area contributed by atoms with Gasteiger partial charge < -0.3 is 28.8 Å². The second-order valence-corrected chi connectivity index (χ2v) is 6.56. The smallest absolute Gasteiger partial charge is 0.303 e. The van der Waals surface area contributed by atoms with Gasteiger partial charge in [-0.25, -0.2) is 0 Å². The molecule has 0 aliphatic carbocycles. The standard InChI is InChI=1S/C20H23NO9/c1-11(22)26-10-16-17(28-12(2)23)18(29-13(3)24)19(20(25)30-16)27-9-15-7-5-4-6-14(15)8-21/h4-7,16-20,25H,9-10H2,1-3H3/t16-,17-,18+,19-,20?/m1/s1. The molecule has 1 saturated heterocycles. The number of hydrogen-bond donors (Lipinski definition) is 1. The Kier molecular flexibility index (Phi) is 8.29. The number of hydrogen-bond acceptors (Lipinski definition) is 10. The quantitative estimate of drug-likeness (QED) is 0.491. The third-order valence-corrected chi connectivity index (χ3v) is 4.23. The lowest BCUT2D eigenvalue weighted by molar-refractivity contribution is -0.303. The predicted molar refractivity (Wildman–Crippen MR) is 98.4 cm³/mol. The molecule has 1 aliphatic rings. The molecule has 1 aromatic rings. The lowest BCUT2D eigenvalue weighted by Crippen LogP contribution is -2.62. The number of carbonyl (C=O) groups is 3. The zero-order valence-corrected chi connectivity index (χ0v) is 16.8. The van der Waals surface area contributed by atoms with Crippen LogP contribution in [-0.2, 0) is 44.7 Å². The maximum absolute atomic E-state index is 11.7. The van der Waals surface area contributed by atoms with Crippen LogP contribution in [0.25, 0.3) is 0 Å². The first-order valence-corrected chi connectivity index (χ1v) is 9.13. The van der Waals surface area contributed by atoms with Crippen LogP contribution < -0.4 is 0 Å². The minimum Gasteiger partial charge on any atom is -0.463 e. The van der Waals surface area contributed by atoms with Crippen molar-refractivity contribution in [1.82, 2.24) is 0 Å². The first-order chi connectivity index (χ1) is 14.2. The highest BCUT2D eigenvalue weighted by Crippen LogP contribution is 2.29. The van der Waals surface area contributed by atoms with Gasteiger partial charge in [0.15, 0.2) is 18.5 Å². The number of ether oxygens (including phenoxy) is 5. The van der Waals surface area contributed by atoms with E-state index < -0.39 is 48.6 Å². The van der Waals surface area contributed by atoms with Crippen molar-refractivity contribution in [2.75, 3.05) is 6.61 Å². The highest BCUT2D eigenvalue weighted by Gasteiger charge is 2.50. The summed E-state index contributed by atoms with van der Waals surface area (Å²) in [4.78, 5) is 34.4. The van der Waals surface area contributed by atoms with Crippen molar-refractivity contribution in [2.45, 2.75) is 58.1 Å². The maximum atomic E-state index is 11.7. The Labute approximate surface area is 173 Å². The topological polar surface area (TPSA) is 141 Å². The van der Waals surface area contributed by atoms with E-state index in [4.69, 9.17) is 23.7 Å². The second-order valence-electron chi connectivity index (χ2n) is 6.56. The SMILES string of the molecule is CC(=O)OC[C@H]1OC(O)[C@H](OCc2ccccc2C#N)[C@@H](OC(C)=O)[C@@H]1OC(C)=O. The van der Waals surface area contributed by atoms with E-state index in [1.54, 1.807) is 24.3 Å². The summed E-state index contributed by atoms with van der Waals surface area (Å²) in [5, 5.41) is 19.7. The largest absolute Gasteiger partial charge is 0.463 e. The zero-order valence-electron chi connectivity index (χ0n) is 16.8. The van der Waals surface area contributed by atoms with Gasteiger partial charge in [0.2, 0.25) is 0 Å². The zero-order chi connectivity index (χ0) is 22.3. The molecule has 10 heteroatoms. The van der Waals surface area contributed by atoms with Crippen molar-refractivity contribution in [1.29, 1.82) is 5.26 Å². The maximum Gasteiger partial charge on any atom is 0.303 e. The number of nitriles is 1. The minimum absolute atomic E-state index is 0.103. The molecule has 0 radical (unpaired) electrons. The fourth-order valence-corrected chi connectivity index (χ4v) is 3.01. The molecule has 5 atom stereocenters. The summed E-state index contributed by atoms with van der Waals surface area (Å²) in [5.74, 6) is -2.01. The van der Waals surface area contributed by atoms with E-state index >= 15 is 0 Å². The Balaban J connectivity index is 2.28. The fourth-order valence-electron chi connectivity index (χ4n) is 3.01. The Morgan fingerprint density at radius 3 is 2.27 bits per heavy atom. The number of aliphatic hydroxyl groups is 1. The van der Waals surface area contributed by atoms with Crippen molar-refractivity contribution in [3.63, 3.8) is 0 Å². The summed E-state index contributed by atoms with van der Waals surface area (Å²) >= 11 is 0. The molecule has 2 rings (SSSR count). The lowest BCUT2D eigenvalue weighted by atomic mass is 9.98. The molecule has 1 unspecified atom stereocenters. The van der Waals surface area contributed by atoms with Crippen LogP contribution in [0, 0.1) is 11.3 Å². The van der Waals surface area contributed by atoms with Gasteiger partial charge in [0, 0.05) is 20.8 Å². The normalized spacial score (nSPS) is 25.6. The van der Waals surface area contributed by atoms with Gasteiger partial charge in [-0.3, -0.25) is 14.4 Å². The van der Waals surface area contributed by atoms with E-state index in [9.17, 15) is 24.8 Å². The minimum atomic E-state index is -1.59.